The zero-order valence-corrected chi connectivity index (χ0v) is 18.6. The van der Waals surface area contributed by atoms with Gasteiger partial charge in [-0.25, -0.2) is 0 Å². The molecule has 3 rings (SSSR count). The molecule has 168 valence electrons. The van der Waals surface area contributed by atoms with Gasteiger partial charge in [0.2, 0.25) is 16.9 Å². The predicted molar refractivity (Wildman–Crippen MR) is 115 cm³/mol. The highest BCUT2D eigenvalue weighted by Gasteiger charge is 2.28. The number of esters is 2. The van der Waals surface area contributed by atoms with Crippen LogP contribution in [0.2, 0.25) is 5.02 Å². The minimum atomic E-state index is -0.659. The molecule has 0 unspecified atom stereocenters. The topological polar surface area (TPSA) is 110 Å². The van der Waals surface area contributed by atoms with Crippen LogP contribution in [0.3, 0.4) is 0 Å². The van der Waals surface area contributed by atoms with E-state index in [-0.39, 0.29) is 56.1 Å². The van der Waals surface area contributed by atoms with Crippen LogP contribution in [-0.4, -0.2) is 33.3 Å². The lowest BCUT2D eigenvalue weighted by atomic mass is 10.1. The summed E-state index contributed by atoms with van der Waals surface area (Å²) in [7, 11) is 4.00. The average molecular weight is 463 g/mol. The van der Waals surface area contributed by atoms with Gasteiger partial charge in [0.05, 0.1) is 31.9 Å². The van der Waals surface area contributed by atoms with Crippen molar-refractivity contribution >= 4 is 34.5 Å². The summed E-state index contributed by atoms with van der Waals surface area (Å²) < 4.78 is 32.5. The maximum absolute atomic E-state index is 13.4. The molecule has 3 aromatic rings. The average Bonchev–Trinajstić information content (AvgIpc) is 2.73. The SMILES string of the molecule is COc1cc(OC(C)=O)c2c(=O)c(OC)c(-c3cccc(Cl)c3OC(C)=O)oc2c1OC. The Balaban J connectivity index is 2.51. The van der Waals surface area contributed by atoms with Crippen molar-refractivity contribution in [2.45, 2.75) is 13.8 Å². The molecule has 0 saturated heterocycles. The number of hydrogen-bond acceptors (Lipinski definition) is 9. The van der Waals surface area contributed by atoms with E-state index in [9.17, 15) is 14.4 Å². The second-order valence-corrected chi connectivity index (χ2v) is 6.82. The molecule has 0 fully saturated rings. The first-order chi connectivity index (χ1) is 15.2. The van der Waals surface area contributed by atoms with Gasteiger partial charge >= 0.3 is 11.9 Å². The van der Waals surface area contributed by atoms with Crippen LogP contribution in [0.15, 0.2) is 33.5 Å². The van der Waals surface area contributed by atoms with Crippen molar-refractivity contribution in [1.82, 2.24) is 0 Å². The summed E-state index contributed by atoms with van der Waals surface area (Å²) in [5, 5.41) is 0.00947. The third-order valence-electron chi connectivity index (χ3n) is 4.35. The number of halogens is 1. The highest BCUT2D eigenvalue weighted by atomic mass is 35.5. The molecule has 0 N–H and O–H groups in total. The van der Waals surface area contributed by atoms with Crippen molar-refractivity contribution in [3.05, 3.63) is 39.5 Å². The van der Waals surface area contributed by atoms with Crippen LogP contribution in [0.25, 0.3) is 22.3 Å². The second-order valence-electron chi connectivity index (χ2n) is 6.41. The lowest BCUT2D eigenvalue weighted by Crippen LogP contribution is -2.12. The maximum atomic E-state index is 13.4. The van der Waals surface area contributed by atoms with Crippen molar-refractivity contribution in [2.24, 2.45) is 0 Å². The van der Waals surface area contributed by atoms with Crippen LogP contribution in [-0.2, 0) is 9.59 Å². The van der Waals surface area contributed by atoms with Gasteiger partial charge in [0.15, 0.2) is 22.8 Å². The fourth-order valence-electron chi connectivity index (χ4n) is 3.15. The number of benzene rings is 2. The summed E-state index contributed by atoms with van der Waals surface area (Å²) in [6, 6.07) is 5.97. The van der Waals surface area contributed by atoms with Crippen LogP contribution in [0, 0.1) is 0 Å². The number of rotatable bonds is 6. The first-order valence-corrected chi connectivity index (χ1v) is 9.56. The van der Waals surface area contributed by atoms with Crippen LogP contribution < -0.4 is 29.1 Å². The van der Waals surface area contributed by atoms with E-state index in [1.807, 2.05) is 0 Å². The fraction of sp³-hybridized carbons (Fsp3) is 0.227. The molecule has 1 aromatic heterocycles. The molecule has 0 saturated carbocycles. The van der Waals surface area contributed by atoms with Crippen LogP contribution in [0.4, 0.5) is 0 Å². The standard InChI is InChI=1S/C22H19ClO9/c1-10(24)30-14-9-15(27-3)20(28-4)21-16(14)17(26)22(29-5)19(32-21)12-7-6-8-13(23)18(12)31-11(2)25/h6-9H,1-5H3. The van der Waals surface area contributed by atoms with Crippen LogP contribution in [0.1, 0.15) is 13.8 Å². The quantitative estimate of drug-likeness (QED) is 0.396. The van der Waals surface area contributed by atoms with Crippen molar-refractivity contribution < 1.29 is 37.7 Å². The Labute approximate surface area is 187 Å². The van der Waals surface area contributed by atoms with E-state index in [0.29, 0.717) is 0 Å². The molecular formula is C22H19ClO9. The minimum absolute atomic E-state index is 0.0236. The van der Waals surface area contributed by atoms with Crippen molar-refractivity contribution in [3.8, 4) is 40.1 Å². The summed E-state index contributed by atoms with van der Waals surface area (Å²) in [6.45, 7) is 2.40. The number of para-hydroxylation sites is 1. The van der Waals surface area contributed by atoms with Gasteiger partial charge in [0.1, 0.15) is 11.1 Å². The molecule has 2 aromatic carbocycles. The van der Waals surface area contributed by atoms with Crippen LogP contribution >= 0.6 is 11.6 Å². The van der Waals surface area contributed by atoms with E-state index in [1.54, 1.807) is 6.07 Å². The van der Waals surface area contributed by atoms with Crippen molar-refractivity contribution in [2.75, 3.05) is 21.3 Å². The van der Waals surface area contributed by atoms with E-state index in [4.69, 9.17) is 39.7 Å². The molecule has 0 bridgehead atoms. The molecule has 0 radical (unpaired) electrons. The van der Waals surface area contributed by atoms with Gasteiger partial charge in [-0.1, -0.05) is 17.7 Å². The fourth-order valence-corrected chi connectivity index (χ4v) is 3.36. The summed E-state index contributed by atoms with van der Waals surface area (Å²) >= 11 is 6.23. The van der Waals surface area contributed by atoms with Gasteiger partial charge in [-0.3, -0.25) is 14.4 Å². The Hall–Kier alpha value is -3.72. The molecule has 0 atom stereocenters. The molecule has 1 heterocycles. The number of ether oxygens (including phenoxy) is 5. The van der Waals surface area contributed by atoms with Crippen LogP contribution in [0.5, 0.6) is 28.7 Å². The van der Waals surface area contributed by atoms with Gasteiger partial charge in [0, 0.05) is 19.9 Å². The molecule has 10 heteroatoms. The van der Waals surface area contributed by atoms with Crippen molar-refractivity contribution in [3.63, 3.8) is 0 Å². The lowest BCUT2D eigenvalue weighted by molar-refractivity contribution is -0.132. The smallest absolute Gasteiger partial charge is 0.308 e. The molecular weight excluding hydrogens is 444 g/mol. The summed E-state index contributed by atoms with van der Waals surface area (Å²) in [4.78, 5) is 36.7. The highest BCUT2D eigenvalue weighted by Crippen LogP contribution is 2.46. The van der Waals surface area contributed by atoms with Gasteiger partial charge < -0.3 is 28.1 Å². The molecule has 32 heavy (non-hydrogen) atoms. The maximum Gasteiger partial charge on any atom is 0.308 e. The first-order valence-electron chi connectivity index (χ1n) is 9.18. The molecule has 0 aliphatic heterocycles. The molecule has 0 aliphatic carbocycles. The lowest BCUT2D eigenvalue weighted by Gasteiger charge is -2.17. The van der Waals surface area contributed by atoms with E-state index in [0.717, 1.165) is 0 Å². The Morgan fingerprint density at radius 2 is 1.53 bits per heavy atom. The number of carbonyl (C=O) groups is 2. The van der Waals surface area contributed by atoms with E-state index >= 15 is 0 Å². The van der Waals surface area contributed by atoms with E-state index in [1.165, 1.54) is 53.4 Å². The zero-order valence-electron chi connectivity index (χ0n) is 17.9. The Morgan fingerprint density at radius 3 is 2.09 bits per heavy atom. The monoisotopic (exact) mass is 462 g/mol. The second kappa shape index (κ2) is 9.19. The van der Waals surface area contributed by atoms with Gasteiger partial charge in [-0.2, -0.15) is 0 Å². The van der Waals surface area contributed by atoms with Gasteiger partial charge in [-0.05, 0) is 12.1 Å². The predicted octanol–water partition coefficient (Wildman–Crippen LogP) is 3.99. The number of methoxy groups -OCH3 is 3. The Morgan fingerprint density at radius 1 is 0.875 bits per heavy atom. The third kappa shape index (κ3) is 4.06. The number of hydrogen-bond donors (Lipinski definition) is 0. The summed E-state index contributed by atoms with van der Waals surface area (Å²) in [5.74, 6) is -1.49. The van der Waals surface area contributed by atoms with Gasteiger partial charge in [0.25, 0.3) is 0 Å². The highest BCUT2D eigenvalue weighted by molar-refractivity contribution is 6.32. The summed E-state index contributed by atoms with van der Waals surface area (Å²) in [6.07, 6.45) is 0. The largest absolute Gasteiger partial charge is 0.493 e. The number of fused-ring (bicyclic) bond motifs is 1. The molecule has 0 spiro atoms. The molecule has 0 aliphatic rings. The van der Waals surface area contributed by atoms with Gasteiger partial charge in [-0.15, -0.1) is 0 Å². The van der Waals surface area contributed by atoms with E-state index in [2.05, 4.69) is 0 Å². The minimum Gasteiger partial charge on any atom is -0.493 e. The van der Waals surface area contributed by atoms with Crippen molar-refractivity contribution in [1.29, 1.82) is 0 Å². The molecule has 9 nitrogen and oxygen atoms in total. The number of carbonyl (C=O) groups excluding carboxylic acids is 2. The first kappa shape index (κ1) is 23.0. The molecule has 0 amide bonds. The normalized spacial score (nSPS) is 10.6. The zero-order chi connectivity index (χ0) is 23.6. The third-order valence-corrected chi connectivity index (χ3v) is 4.65. The van der Waals surface area contributed by atoms with E-state index < -0.39 is 17.4 Å². The Bertz CT molecular complexity index is 1280. The summed E-state index contributed by atoms with van der Waals surface area (Å²) in [5.41, 5.74) is -0.546. The Kier molecular flexibility index (Phi) is 6.59.